The van der Waals surface area contributed by atoms with Crippen LogP contribution < -0.4 is 18.9 Å². The molecule has 0 amide bonds. The molecule has 0 unspecified atom stereocenters. The second-order valence-electron chi connectivity index (χ2n) is 5.23. The quantitative estimate of drug-likeness (QED) is 0.687. The van der Waals surface area contributed by atoms with Crippen molar-refractivity contribution in [2.75, 3.05) is 28.4 Å². The average Bonchev–Trinajstić information content (AvgIpc) is 2.68. The summed E-state index contributed by atoms with van der Waals surface area (Å²) in [5.41, 5.74) is 2.22. The summed E-state index contributed by atoms with van der Waals surface area (Å²) in [5.74, 6) is 3.04. The second-order valence-corrected chi connectivity index (χ2v) is 5.23. The Hall–Kier alpha value is -2.88. The van der Waals surface area contributed by atoms with Crippen LogP contribution in [0.15, 0.2) is 48.6 Å². The van der Waals surface area contributed by atoms with Crippen LogP contribution in [0.2, 0.25) is 0 Å². The maximum atomic E-state index is 5.16. The maximum Gasteiger partial charge on any atom is 0.161 e. The Labute approximate surface area is 156 Å². The van der Waals surface area contributed by atoms with Crippen molar-refractivity contribution in [3.63, 3.8) is 0 Å². The molecule has 0 fully saturated rings. The van der Waals surface area contributed by atoms with Crippen molar-refractivity contribution in [3.8, 4) is 23.0 Å². The molecule has 0 aliphatic heterocycles. The molecule has 2 aromatic rings. The van der Waals surface area contributed by atoms with Gasteiger partial charge in [0.25, 0.3) is 0 Å². The minimum atomic E-state index is 0.760. The summed E-state index contributed by atoms with van der Waals surface area (Å²) in [6.45, 7) is 3.97. The molecule has 0 N–H and O–H groups in total. The van der Waals surface area contributed by atoms with E-state index in [0.717, 1.165) is 34.1 Å². The van der Waals surface area contributed by atoms with Crippen molar-refractivity contribution in [1.29, 1.82) is 0 Å². The molecule has 26 heavy (non-hydrogen) atoms. The maximum absolute atomic E-state index is 5.16. The first-order valence-electron chi connectivity index (χ1n) is 8.32. The molecule has 0 aliphatic carbocycles. The number of ether oxygens (including phenoxy) is 4. The second kappa shape index (κ2) is 11.6. The molecule has 0 heterocycles. The van der Waals surface area contributed by atoms with Crippen molar-refractivity contribution in [1.82, 2.24) is 0 Å². The van der Waals surface area contributed by atoms with Gasteiger partial charge < -0.3 is 18.9 Å². The van der Waals surface area contributed by atoms with E-state index >= 15 is 0 Å². The summed E-state index contributed by atoms with van der Waals surface area (Å²) in [5, 5.41) is 0. The lowest BCUT2D eigenvalue weighted by atomic mass is 10.2. The Morgan fingerprint density at radius 1 is 0.538 bits per heavy atom. The van der Waals surface area contributed by atoms with Crippen LogP contribution in [0.5, 0.6) is 23.0 Å². The third kappa shape index (κ3) is 6.20. The molecule has 0 saturated carbocycles. The van der Waals surface area contributed by atoms with Gasteiger partial charge in [0.05, 0.1) is 28.4 Å². The number of hydrogen-bond acceptors (Lipinski definition) is 4. The van der Waals surface area contributed by atoms with E-state index < -0.39 is 0 Å². The monoisotopic (exact) mass is 356 g/mol. The predicted molar refractivity (Wildman–Crippen MR) is 109 cm³/mol. The van der Waals surface area contributed by atoms with Gasteiger partial charge in [-0.3, -0.25) is 0 Å². The van der Waals surface area contributed by atoms with Gasteiger partial charge in [-0.15, -0.1) is 0 Å². The molecular formula is C22H28O4. The summed E-state index contributed by atoms with van der Waals surface area (Å²) in [7, 11) is 6.54. The van der Waals surface area contributed by atoms with Crippen LogP contribution in [0.3, 0.4) is 0 Å². The molecule has 0 spiro atoms. The van der Waals surface area contributed by atoms with Gasteiger partial charge in [-0.25, -0.2) is 0 Å². The van der Waals surface area contributed by atoms with Gasteiger partial charge in [0.15, 0.2) is 23.0 Å². The third-order valence-corrected chi connectivity index (χ3v) is 3.53. The Morgan fingerprint density at radius 3 is 1.15 bits per heavy atom. The van der Waals surface area contributed by atoms with Crippen LogP contribution in [0.4, 0.5) is 0 Å². The van der Waals surface area contributed by atoms with E-state index in [2.05, 4.69) is 0 Å². The molecule has 0 bridgehead atoms. The first-order valence-corrected chi connectivity index (χ1v) is 8.32. The Bertz CT molecular complexity index is 669. The van der Waals surface area contributed by atoms with Crippen molar-refractivity contribution >= 4 is 12.2 Å². The number of methoxy groups -OCH3 is 4. The molecule has 0 aromatic heterocycles. The zero-order chi connectivity index (χ0) is 19.4. The van der Waals surface area contributed by atoms with Gasteiger partial charge in [0, 0.05) is 0 Å². The summed E-state index contributed by atoms with van der Waals surface area (Å²) >= 11 is 0. The van der Waals surface area contributed by atoms with Crippen molar-refractivity contribution in [2.24, 2.45) is 0 Å². The number of allylic oxidation sites excluding steroid dienone is 2. The minimum Gasteiger partial charge on any atom is -0.493 e. The molecular weight excluding hydrogens is 328 g/mol. The molecule has 4 heteroatoms. The van der Waals surface area contributed by atoms with Crippen LogP contribution in [-0.4, -0.2) is 28.4 Å². The zero-order valence-electron chi connectivity index (χ0n) is 16.4. The summed E-state index contributed by atoms with van der Waals surface area (Å²) in [4.78, 5) is 0. The fourth-order valence-corrected chi connectivity index (χ4v) is 2.30. The van der Waals surface area contributed by atoms with Crippen LogP contribution in [0.25, 0.3) is 12.2 Å². The van der Waals surface area contributed by atoms with Crippen molar-refractivity contribution in [3.05, 3.63) is 59.7 Å². The lowest BCUT2D eigenvalue weighted by molar-refractivity contribution is 0.355. The van der Waals surface area contributed by atoms with Gasteiger partial charge in [-0.05, 0) is 49.2 Å². The SMILES string of the molecule is C/C=C/c1ccc(OC)c(OC)c1.C/C=C\c1ccc(OC)c(OC)c1. The first-order chi connectivity index (χ1) is 12.6. The number of hydrogen-bond donors (Lipinski definition) is 0. The summed E-state index contributed by atoms with van der Waals surface area (Å²) < 4.78 is 20.6. The summed E-state index contributed by atoms with van der Waals surface area (Å²) in [6, 6.07) is 11.7. The Morgan fingerprint density at radius 2 is 0.885 bits per heavy atom. The van der Waals surface area contributed by atoms with E-state index in [1.54, 1.807) is 28.4 Å². The highest BCUT2D eigenvalue weighted by Crippen LogP contribution is 2.28. The standard InChI is InChI=1S/2C11H14O2/c2*1-4-5-9-6-7-10(12-2)11(8-9)13-3/h2*4-8H,1-3H3/b5-4+;5-4-. The van der Waals surface area contributed by atoms with E-state index in [0.29, 0.717) is 0 Å². The van der Waals surface area contributed by atoms with Crippen LogP contribution >= 0.6 is 0 Å². The normalized spacial score (nSPS) is 10.4. The van der Waals surface area contributed by atoms with Gasteiger partial charge in [0.1, 0.15) is 0 Å². The average molecular weight is 356 g/mol. The lowest BCUT2D eigenvalue weighted by Crippen LogP contribution is -1.90. The smallest absolute Gasteiger partial charge is 0.161 e. The highest BCUT2D eigenvalue weighted by Gasteiger charge is 2.02. The van der Waals surface area contributed by atoms with Gasteiger partial charge in [-0.2, -0.15) is 0 Å². The van der Waals surface area contributed by atoms with Crippen LogP contribution in [-0.2, 0) is 0 Å². The van der Waals surface area contributed by atoms with Gasteiger partial charge in [-0.1, -0.05) is 36.4 Å². The molecule has 0 atom stereocenters. The Balaban J connectivity index is 0.000000260. The van der Waals surface area contributed by atoms with Crippen LogP contribution in [0, 0.1) is 0 Å². The number of benzene rings is 2. The summed E-state index contributed by atoms with van der Waals surface area (Å²) in [6.07, 6.45) is 8.01. The van der Waals surface area contributed by atoms with Crippen molar-refractivity contribution in [2.45, 2.75) is 13.8 Å². The first kappa shape index (κ1) is 21.2. The fraction of sp³-hybridized carbons (Fsp3) is 0.273. The molecule has 0 aliphatic rings. The zero-order valence-corrected chi connectivity index (χ0v) is 16.4. The largest absolute Gasteiger partial charge is 0.493 e. The van der Waals surface area contributed by atoms with Gasteiger partial charge in [0.2, 0.25) is 0 Å². The van der Waals surface area contributed by atoms with Crippen molar-refractivity contribution < 1.29 is 18.9 Å². The highest BCUT2D eigenvalue weighted by atomic mass is 16.5. The molecule has 4 nitrogen and oxygen atoms in total. The topological polar surface area (TPSA) is 36.9 Å². The predicted octanol–water partition coefficient (Wildman–Crippen LogP) is 5.47. The molecule has 140 valence electrons. The molecule has 2 aromatic carbocycles. The minimum absolute atomic E-state index is 0.760. The van der Waals surface area contributed by atoms with E-state index in [9.17, 15) is 0 Å². The fourth-order valence-electron chi connectivity index (χ4n) is 2.30. The van der Waals surface area contributed by atoms with Gasteiger partial charge >= 0.3 is 0 Å². The molecule has 0 radical (unpaired) electrons. The van der Waals surface area contributed by atoms with E-state index in [-0.39, 0.29) is 0 Å². The third-order valence-electron chi connectivity index (χ3n) is 3.53. The molecule has 0 saturated heterocycles. The number of rotatable bonds is 6. The van der Waals surface area contributed by atoms with E-state index in [1.165, 1.54) is 0 Å². The van der Waals surface area contributed by atoms with E-state index in [1.807, 2.05) is 74.5 Å². The lowest BCUT2D eigenvalue weighted by Gasteiger charge is -2.07. The Kier molecular flexibility index (Phi) is 9.47. The van der Waals surface area contributed by atoms with Crippen LogP contribution in [0.1, 0.15) is 25.0 Å². The highest BCUT2D eigenvalue weighted by molar-refractivity contribution is 5.56. The molecule has 2 rings (SSSR count). The van der Waals surface area contributed by atoms with E-state index in [4.69, 9.17) is 18.9 Å².